The molecule has 3 N–H and O–H groups in total. The lowest BCUT2D eigenvalue weighted by Crippen LogP contribution is -2.34. The minimum absolute atomic E-state index is 0.381. The lowest BCUT2D eigenvalue weighted by molar-refractivity contribution is 0.616. The van der Waals surface area contributed by atoms with Crippen molar-refractivity contribution in [2.24, 2.45) is 0 Å². The van der Waals surface area contributed by atoms with Gasteiger partial charge in [-0.05, 0) is 30.5 Å². The van der Waals surface area contributed by atoms with Gasteiger partial charge < -0.3 is 16.0 Å². The van der Waals surface area contributed by atoms with E-state index in [9.17, 15) is 0 Å². The van der Waals surface area contributed by atoms with Crippen LogP contribution >= 0.6 is 0 Å². The summed E-state index contributed by atoms with van der Waals surface area (Å²) in [6.45, 7) is 3.68. The van der Waals surface area contributed by atoms with Crippen LogP contribution < -0.4 is 16.0 Å². The zero-order valence-electron chi connectivity index (χ0n) is 12.0. The summed E-state index contributed by atoms with van der Waals surface area (Å²) in [6, 6.07) is 8.65. The molecule has 2 aliphatic heterocycles. The molecule has 0 amide bonds. The molecule has 0 radical (unpaired) electrons. The molecular formula is C16H19N5. The highest BCUT2D eigenvalue weighted by Gasteiger charge is 2.23. The molecule has 0 atom stereocenters. The minimum atomic E-state index is 0.381. The first kappa shape index (κ1) is 12.6. The molecule has 5 heteroatoms. The first-order chi connectivity index (χ1) is 10.3. The van der Waals surface area contributed by atoms with E-state index >= 15 is 0 Å². The molecule has 0 saturated carbocycles. The van der Waals surface area contributed by atoms with E-state index < -0.39 is 0 Å². The van der Waals surface area contributed by atoms with Crippen LogP contribution in [0.2, 0.25) is 0 Å². The average Bonchev–Trinajstić information content (AvgIpc) is 2.53. The summed E-state index contributed by atoms with van der Waals surface area (Å²) in [6.07, 6.45) is 2.04. The smallest absolute Gasteiger partial charge is 0.222 e. The molecule has 0 fully saturated rings. The van der Waals surface area contributed by atoms with Crippen LogP contribution in [-0.2, 0) is 25.9 Å². The molecule has 4 rings (SSSR count). The Morgan fingerprint density at radius 3 is 2.86 bits per heavy atom. The molecule has 0 unspecified atom stereocenters. The topological polar surface area (TPSA) is 67.1 Å². The van der Waals surface area contributed by atoms with Crippen molar-refractivity contribution in [3.05, 3.63) is 46.6 Å². The van der Waals surface area contributed by atoms with E-state index in [2.05, 4.69) is 44.5 Å². The van der Waals surface area contributed by atoms with Crippen molar-refractivity contribution in [2.45, 2.75) is 25.9 Å². The lowest BCUT2D eigenvalue weighted by atomic mass is 9.98. The van der Waals surface area contributed by atoms with Crippen LogP contribution in [0.4, 0.5) is 11.8 Å². The Labute approximate surface area is 124 Å². The van der Waals surface area contributed by atoms with Gasteiger partial charge in [-0.15, -0.1) is 0 Å². The van der Waals surface area contributed by atoms with E-state index in [1.807, 2.05) is 0 Å². The molecule has 0 aliphatic carbocycles. The second-order valence-electron chi connectivity index (χ2n) is 5.70. The van der Waals surface area contributed by atoms with Gasteiger partial charge in [-0.25, -0.2) is 4.98 Å². The predicted octanol–water partition coefficient (Wildman–Crippen LogP) is 1.27. The first-order valence-electron chi connectivity index (χ1n) is 7.49. The summed E-state index contributed by atoms with van der Waals surface area (Å²) in [4.78, 5) is 11.3. The van der Waals surface area contributed by atoms with Crippen LogP contribution in [0.25, 0.3) is 0 Å². The van der Waals surface area contributed by atoms with Crippen LogP contribution in [0.1, 0.15) is 22.4 Å². The number of benzene rings is 1. The van der Waals surface area contributed by atoms with Crippen molar-refractivity contribution in [2.75, 3.05) is 23.7 Å². The van der Waals surface area contributed by atoms with Crippen molar-refractivity contribution < 1.29 is 0 Å². The van der Waals surface area contributed by atoms with Crippen LogP contribution in [0.5, 0.6) is 0 Å². The highest BCUT2D eigenvalue weighted by atomic mass is 15.2. The van der Waals surface area contributed by atoms with Crippen molar-refractivity contribution in [1.29, 1.82) is 0 Å². The number of aromatic nitrogens is 2. The molecule has 0 spiro atoms. The predicted molar refractivity (Wildman–Crippen MR) is 83.1 cm³/mol. The fraction of sp³-hybridized carbons (Fsp3) is 0.375. The van der Waals surface area contributed by atoms with Gasteiger partial charge in [-0.2, -0.15) is 4.98 Å². The van der Waals surface area contributed by atoms with Gasteiger partial charge in [-0.1, -0.05) is 24.3 Å². The number of nitrogens with zero attached hydrogens (tertiary/aromatic N) is 3. The third-order valence-electron chi connectivity index (χ3n) is 4.36. The summed E-state index contributed by atoms with van der Waals surface area (Å²) in [5.74, 6) is 1.42. The number of hydrogen-bond acceptors (Lipinski definition) is 5. The van der Waals surface area contributed by atoms with Gasteiger partial charge in [-0.3, -0.25) is 0 Å². The number of fused-ring (bicyclic) bond motifs is 2. The fourth-order valence-electron chi connectivity index (χ4n) is 3.30. The average molecular weight is 281 g/mol. The number of rotatable bonds is 1. The zero-order valence-corrected chi connectivity index (χ0v) is 12.0. The zero-order chi connectivity index (χ0) is 14.2. The Kier molecular flexibility index (Phi) is 3.00. The van der Waals surface area contributed by atoms with Crippen molar-refractivity contribution in [3.63, 3.8) is 0 Å². The standard InChI is InChI=1S/C16H19N5/c17-16-19-14-9-18-7-5-13(14)15(20-16)21-8-6-11-3-1-2-4-12(11)10-21/h1-4,18H,5-10H2,(H2,17,19,20). The second-order valence-corrected chi connectivity index (χ2v) is 5.70. The van der Waals surface area contributed by atoms with Gasteiger partial charge in [0.2, 0.25) is 5.95 Å². The summed E-state index contributed by atoms with van der Waals surface area (Å²) < 4.78 is 0. The van der Waals surface area contributed by atoms with E-state index in [1.54, 1.807) is 0 Å². The minimum Gasteiger partial charge on any atom is -0.368 e. The molecule has 5 nitrogen and oxygen atoms in total. The molecule has 21 heavy (non-hydrogen) atoms. The van der Waals surface area contributed by atoms with Gasteiger partial charge >= 0.3 is 0 Å². The van der Waals surface area contributed by atoms with E-state index in [0.29, 0.717) is 5.95 Å². The molecule has 2 aromatic rings. The van der Waals surface area contributed by atoms with Crippen LogP contribution in [0.3, 0.4) is 0 Å². The molecule has 108 valence electrons. The maximum Gasteiger partial charge on any atom is 0.222 e. The number of anilines is 2. The van der Waals surface area contributed by atoms with Gasteiger partial charge in [0.1, 0.15) is 5.82 Å². The highest BCUT2D eigenvalue weighted by molar-refractivity contribution is 5.54. The van der Waals surface area contributed by atoms with Crippen LogP contribution in [0, 0.1) is 0 Å². The monoisotopic (exact) mass is 281 g/mol. The third-order valence-corrected chi connectivity index (χ3v) is 4.36. The second kappa shape index (κ2) is 5.00. The van der Waals surface area contributed by atoms with Gasteiger partial charge in [0.15, 0.2) is 0 Å². The van der Waals surface area contributed by atoms with E-state index in [1.165, 1.54) is 16.7 Å². The Morgan fingerprint density at radius 1 is 1.10 bits per heavy atom. The molecule has 3 heterocycles. The van der Waals surface area contributed by atoms with E-state index in [0.717, 1.165) is 50.5 Å². The number of nitrogen functional groups attached to an aromatic ring is 1. The van der Waals surface area contributed by atoms with Gasteiger partial charge in [0.05, 0.1) is 5.69 Å². The lowest BCUT2D eigenvalue weighted by Gasteiger charge is -2.32. The van der Waals surface area contributed by atoms with Gasteiger partial charge in [0, 0.05) is 25.2 Å². The summed E-state index contributed by atoms with van der Waals surface area (Å²) >= 11 is 0. The molecule has 0 saturated heterocycles. The summed E-state index contributed by atoms with van der Waals surface area (Å²) in [5.41, 5.74) is 11.1. The van der Waals surface area contributed by atoms with E-state index in [-0.39, 0.29) is 0 Å². The first-order valence-corrected chi connectivity index (χ1v) is 7.49. The van der Waals surface area contributed by atoms with Crippen LogP contribution in [0.15, 0.2) is 24.3 Å². The Hall–Kier alpha value is -2.14. The summed E-state index contributed by atoms with van der Waals surface area (Å²) in [7, 11) is 0. The largest absolute Gasteiger partial charge is 0.368 e. The Morgan fingerprint density at radius 2 is 1.95 bits per heavy atom. The van der Waals surface area contributed by atoms with Crippen molar-refractivity contribution in [3.8, 4) is 0 Å². The van der Waals surface area contributed by atoms with Gasteiger partial charge in [0.25, 0.3) is 0 Å². The summed E-state index contributed by atoms with van der Waals surface area (Å²) in [5, 5.41) is 3.35. The van der Waals surface area contributed by atoms with Crippen molar-refractivity contribution in [1.82, 2.24) is 15.3 Å². The molecule has 1 aromatic heterocycles. The molecule has 2 aliphatic rings. The number of hydrogen-bond donors (Lipinski definition) is 2. The molecule has 0 bridgehead atoms. The Bertz CT molecular complexity index is 682. The maximum atomic E-state index is 5.91. The highest BCUT2D eigenvalue weighted by Crippen LogP contribution is 2.29. The normalized spacial score (nSPS) is 17.2. The SMILES string of the molecule is Nc1nc2c(c(N3CCc4ccccc4C3)n1)CCNC2. The third kappa shape index (κ3) is 2.23. The Balaban J connectivity index is 1.73. The van der Waals surface area contributed by atoms with Crippen LogP contribution in [-0.4, -0.2) is 23.1 Å². The quantitative estimate of drug-likeness (QED) is 0.824. The maximum absolute atomic E-state index is 5.91. The van der Waals surface area contributed by atoms with Crippen molar-refractivity contribution >= 4 is 11.8 Å². The molecule has 1 aromatic carbocycles. The molecular weight excluding hydrogens is 262 g/mol. The number of nitrogens with two attached hydrogens (primary N) is 1. The number of nitrogens with one attached hydrogen (secondary N) is 1. The van der Waals surface area contributed by atoms with E-state index in [4.69, 9.17) is 5.73 Å². The fourth-order valence-corrected chi connectivity index (χ4v) is 3.30.